The maximum Gasteiger partial charge on any atom is 0.333 e. The second kappa shape index (κ2) is 13.0. The standard InChI is InChI=1S/C26H50O5Si2/c1-13-26(14-2,17-15-18-29-23(27)21(3)4)33(11,12)31-25(7,8)32(9,10)20-16-19-30-24(28)22(5)6/h3,5,13-20H2,1-2,4,6-12H3. The van der Waals surface area contributed by atoms with E-state index in [4.69, 9.17) is 13.9 Å². The maximum absolute atomic E-state index is 11.7. The Labute approximate surface area is 205 Å². The molecule has 0 unspecified atom stereocenters. The van der Waals surface area contributed by atoms with Crippen LogP contribution in [-0.2, 0) is 23.5 Å². The topological polar surface area (TPSA) is 61.8 Å². The molecule has 33 heavy (non-hydrogen) atoms. The first-order chi connectivity index (χ1) is 15.0. The summed E-state index contributed by atoms with van der Waals surface area (Å²) in [6.45, 7) is 29.9. The molecule has 0 saturated carbocycles. The molecule has 0 rings (SSSR count). The normalized spacial score (nSPS) is 12.9. The quantitative estimate of drug-likeness (QED) is 0.0974. The van der Waals surface area contributed by atoms with Crippen LogP contribution in [0.5, 0.6) is 0 Å². The minimum absolute atomic E-state index is 0.112. The number of rotatable bonds is 16. The maximum atomic E-state index is 11.7. The lowest BCUT2D eigenvalue weighted by atomic mass is 9.96. The van der Waals surface area contributed by atoms with Crippen LogP contribution in [0, 0.1) is 0 Å². The molecular formula is C26H50O5Si2. The Morgan fingerprint density at radius 1 is 0.818 bits per heavy atom. The van der Waals surface area contributed by atoms with Crippen LogP contribution in [-0.4, -0.2) is 46.8 Å². The number of carbonyl (C=O) groups excluding carboxylic acids is 2. The number of ether oxygens (including phenoxy) is 2. The van der Waals surface area contributed by atoms with Crippen molar-refractivity contribution in [1.29, 1.82) is 0 Å². The van der Waals surface area contributed by atoms with Crippen molar-refractivity contribution < 1.29 is 23.5 Å². The van der Waals surface area contributed by atoms with E-state index in [0.29, 0.717) is 24.4 Å². The van der Waals surface area contributed by atoms with Gasteiger partial charge in [-0.2, -0.15) is 0 Å². The van der Waals surface area contributed by atoms with Crippen molar-refractivity contribution in [3.05, 3.63) is 24.3 Å². The Morgan fingerprint density at radius 2 is 1.24 bits per heavy atom. The predicted molar refractivity (Wildman–Crippen MR) is 144 cm³/mol. The van der Waals surface area contributed by atoms with Crippen LogP contribution in [0.15, 0.2) is 24.3 Å². The minimum Gasteiger partial charge on any atom is -0.462 e. The van der Waals surface area contributed by atoms with E-state index < -0.39 is 16.4 Å². The molecule has 0 fully saturated rings. The Bertz CT molecular complexity index is 691. The molecule has 0 radical (unpaired) electrons. The fourth-order valence-corrected chi connectivity index (χ4v) is 11.9. The SMILES string of the molecule is C=C(C)C(=O)OCCCC(CC)(CC)[Si](C)(C)OC(C)(C)[Si](C)(C)CCCOC(=O)C(=C)C. The highest BCUT2D eigenvalue weighted by atomic mass is 28.4. The summed E-state index contributed by atoms with van der Waals surface area (Å²) in [4.78, 5) is 23.4. The molecule has 0 heterocycles. The highest BCUT2D eigenvalue weighted by Crippen LogP contribution is 2.51. The van der Waals surface area contributed by atoms with Gasteiger partial charge in [0.1, 0.15) is 0 Å². The van der Waals surface area contributed by atoms with Gasteiger partial charge >= 0.3 is 11.9 Å². The van der Waals surface area contributed by atoms with E-state index in [1.165, 1.54) is 0 Å². The average molecular weight is 499 g/mol. The van der Waals surface area contributed by atoms with Gasteiger partial charge in [-0.1, -0.05) is 59.0 Å². The smallest absolute Gasteiger partial charge is 0.333 e. The summed E-state index contributed by atoms with van der Waals surface area (Å²) in [6, 6.07) is 1.02. The van der Waals surface area contributed by atoms with Crippen LogP contribution in [0.1, 0.15) is 73.6 Å². The lowest BCUT2D eigenvalue weighted by Crippen LogP contribution is -2.60. The molecule has 192 valence electrons. The second-order valence-electron chi connectivity index (χ2n) is 11.0. The van der Waals surface area contributed by atoms with E-state index in [2.05, 4.69) is 67.0 Å². The lowest BCUT2D eigenvalue weighted by molar-refractivity contribution is -0.139. The molecule has 0 amide bonds. The second-order valence-corrected chi connectivity index (χ2v) is 20.8. The Balaban J connectivity index is 5.22. The first-order valence-corrected chi connectivity index (χ1v) is 18.5. The van der Waals surface area contributed by atoms with Gasteiger partial charge in [0.05, 0.1) is 21.3 Å². The van der Waals surface area contributed by atoms with Crippen LogP contribution in [0.2, 0.25) is 37.3 Å². The van der Waals surface area contributed by atoms with Crippen molar-refractivity contribution in [2.75, 3.05) is 13.2 Å². The fourth-order valence-electron chi connectivity index (χ4n) is 4.44. The van der Waals surface area contributed by atoms with Crippen LogP contribution in [0.4, 0.5) is 0 Å². The summed E-state index contributed by atoms with van der Waals surface area (Å²) in [7, 11) is -3.92. The highest BCUT2D eigenvalue weighted by Gasteiger charge is 2.51. The molecule has 0 aromatic heterocycles. The average Bonchev–Trinajstić information content (AvgIpc) is 2.69. The van der Waals surface area contributed by atoms with Gasteiger partial charge in [0.25, 0.3) is 0 Å². The van der Waals surface area contributed by atoms with Crippen molar-refractivity contribution >= 4 is 28.3 Å². The molecular weight excluding hydrogens is 448 g/mol. The first-order valence-electron chi connectivity index (χ1n) is 12.3. The van der Waals surface area contributed by atoms with E-state index in [0.717, 1.165) is 38.1 Å². The van der Waals surface area contributed by atoms with E-state index in [9.17, 15) is 9.59 Å². The number of carbonyl (C=O) groups is 2. The van der Waals surface area contributed by atoms with Crippen LogP contribution < -0.4 is 0 Å². The molecule has 5 nitrogen and oxygen atoms in total. The Morgan fingerprint density at radius 3 is 1.64 bits per heavy atom. The third-order valence-electron chi connectivity index (χ3n) is 7.68. The van der Waals surface area contributed by atoms with Gasteiger partial charge < -0.3 is 13.9 Å². The summed E-state index contributed by atoms with van der Waals surface area (Å²) in [5, 5.41) is -0.0928. The van der Waals surface area contributed by atoms with Gasteiger partial charge in [0.15, 0.2) is 8.32 Å². The molecule has 0 aromatic rings. The van der Waals surface area contributed by atoms with Crippen LogP contribution >= 0.6 is 0 Å². The Kier molecular flexibility index (Phi) is 12.6. The fraction of sp³-hybridized carbons (Fsp3) is 0.769. The summed E-state index contributed by atoms with van der Waals surface area (Å²) >= 11 is 0. The van der Waals surface area contributed by atoms with Crippen molar-refractivity contribution in [2.45, 2.75) is 116 Å². The molecule has 0 aliphatic heterocycles. The van der Waals surface area contributed by atoms with Gasteiger partial charge in [-0.25, -0.2) is 9.59 Å². The van der Waals surface area contributed by atoms with E-state index >= 15 is 0 Å². The number of hydrogen-bond donors (Lipinski definition) is 0. The zero-order valence-electron chi connectivity index (χ0n) is 23.1. The molecule has 0 aromatic carbocycles. The van der Waals surface area contributed by atoms with Crippen molar-refractivity contribution in [2.24, 2.45) is 0 Å². The zero-order chi connectivity index (χ0) is 26.1. The van der Waals surface area contributed by atoms with Gasteiger partial charge in [-0.15, -0.1) is 0 Å². The highest BCUT2D eigenvalue weighted by molar-refractivity contribution is 6.82. The largest absolute Gasteiger partial charge is 0.462 e. The van der Waals surface area contributed by atoms with E-state index in [1.807, 2.05) is 0 Å². The molecule has 0 bridgehead atoms. The third kappa shape index (κ3) is 9.17. The molecule has 0 spiro atoms. The van der Waals surface area contributed by atoms with Gasteiger partial charge in [0.2, 0.25) is 0 Å². The van der Waals surface area contributed by atoms with E-state index in [1.54, 1.807) is 13.8 Å². The van der Waals surface area contributed by atoms with Gasteiger partial charge in [0, 0.05) is 16.4 Å². The van der Waals surface area contributed by atoms with Crippen LogP contribution in [0.3, 0.4) is 0 Å². The summed E-state index contributed by atoms with van der Waals surface area (Å²) in [5.74, 6) is -0.632. The molecule has 0 aliphatic rings. The molecule has 0 saturated heterocycles. The zero-order valence-corrected chi connectivity index (χ0v) is 25.1. The van der Waals surface area contributed by atoms with Gasteiger partial charge in [-0.05, 0) is 65.1 Å². The lowest BCUT2D eigenvalue weighted by Gasteiger charge is -2.52. The first kappa shape index (κ1) is 31.8. The van der Waals surface area contributed by atoms with Crippen molar-refractivity contribution in [1.82, 2.24) is 0 Å². The number of hydrogen-bond acceptors (Lipinski definition) is 5. The molecule has 0 N–H and O–H groups in total. The third-order valence-corrected chi connectivity index (χ3v) is 17.4. The van der Waals surface area contributed by atoms with Gasteiger partial charge in [-0.3, -0.25) is 0 Å². The summed E-state index contributed by atoms with van der Waals surface area (Å²) in [5.41, 5.74) is 0.876. The molecule has 7 heteroatoms. The Hall–Kier alpha value is -1.19. The number of esters is 2. The minimum atomic E-state index is -2.13. The predicted octanol–water partition coefficient (Wildman–Crippen LogP) is 7.20. The van der Waals surface area contributed by atoms with E-state index in [-0.39, 0.29) is 22.2 Å². The van der Waals surface area contributed by atoms with Crippen molar-refractivity contribution in [3.63, 3.8) is 0 Å². The molecule has 0 atom stereocenters. The molecule has 0 aliphatic carbocycles. The monoisotopic (exact) mass is 498 g/mol. The summed E-state index contributed by atoms with van der Waals surface area (Å²) < 4.78 is 17.8. The summed E-state index contributed by atoms with van der Waals surface area (Å²) in [6.07, 6.45) is 4.75. The van der Waals surface area contributed by atoms with Crippen LogP contribution in [0.25, 0.3) is 0 Å². The van der Waals surface area contributed by atoms with Crippen molar-refractivity contribution in [3.8, 4) is 0 Å².